The van der Waals surface area contributed by atoms with Gasteiger partial charge in [0.1, 0.15) is 0 Å². The molecule has 0 fully saturated rings. The average Bonchev–Trinajstić information content (AvgIpc) is 2.62. The Balaban J connectivity index is 3.71. The first-order valence-corrected chi connectivity index (χ1v) is 12.1. The van der Waals surface area contributed by atoms with Crippen molar-refractivity contribution in [3.8, 4) is 0 Å². The quantitative estimate of drug-likeness (QED) is 0.132. The number of rotatable bonds is 18. The molecule has 0 N–H and O–H groups in total. The highest BCUT2D eigenvalue weighted by Crippen LogP contribution is 2.34. The van der Waals surface area contributed by atoms with E-state index < -0.39 is 0 Å². The monoisotopic (exact) mass is 394 g/mol. The Bertz CT molecular complexity index is 392. The summed E-state index contributed by atoms with van der Waals surface area (Å²) >= 11 is 0. The standard InChI is InChI=1S/C26H50O2/c1-7-8-9-10-11-12-13-14-15-16-17-18-20-24(26(4,5)6)21-19-22-28-25(27)23(2)3/h24H,2,7-22H2,1,3-6H3. The fourth-order valence-electron chi connectivity index (χ4n) is 3.86. The second kappa shape index (κ2) is 17.1. The number of hydrogen-bond donors (Lipinski definition) is 0. The number of esters is 1. The Labute approximate surface area is 176 Å². The summed E-state index contributed by atoms with van der Waals surface area (Å²) in [5, 5.41) is 0. The van der Waals surface area contributed by atoms with Gasteiger partial charge in [-0.3, -0.25) is 0 Å². The van der Waals surface area contributed by atoms with E-state index in [1.165, 1.54) is 83.5 Å². The van der Waals surface area contributed by atoms with Crippen LogP contribution in [0.15, 0.2) is 12.2 Å². The van der Waals surface area contributed by atoms with Crippen molar-refractivity contribution in [1.29, 1.82) is 0 Å². The van der Waals surface area contributed by atoms with Crippen molar-refractivity contribution in [2.75, 3.05) is 6.61 Å². The van der Waals surface area contributed by atoms with Crippen molar-refractivity contribution in [3.63, 3.8) is 0 Å². The van der Waals surface area contributed by atoms with Crippen molar-refractivity contribution in [2.24, 2.45) is 11.3 Å². The molecule has 1 atom stereocenters. The van der Waals surface area contributed by atoms with Gasteiger partial charge in [0.2, 0.25) is 0 Å². The summed E-state index contributed by atoms with van der Waals surface area (Å²) in [6.45, 7) is 15.2. The molecule has 0 aliphatic carbocycles. The lowest BCUT2D eigenvalue weighted by Crippen LogP contribution is -2.21. The molecule has 2 heteroatoms. The summed E-state index contributed by atoms with van der Waals surface area (Å²) in [4.78, 5) is 11.5. The van der Waals surface area contributed by atoms with Crippen LogP contribution in [0.3, 0.4) is 0 Å². The lowest BCUT2D eigenvalue weighted by Gasteiger charge is -2.31. The lowest BCUT2D eigenvalue weighted by molar-refractivity contribution is -0.139. The van der Waals surface area contributed by atoms with Gasteiger partial charge >= 0.3 is 5.97 Å². The number of carbonyl (C=O) groups is 1. The number of hydrogen-bond acceptors (Lipinski definition) is 2. The molecule has 0 aliphatic rings. The number of carbonyl (C=O) groups excluding carboxylic acids is 1. The van der Waals surface area contributed by atoms with E-state index in [-0.39, 0.29) is 5.97 Å². The van der Waals surface area contributed by atoms with Gasteiger partial charge in [-0.1, -0.05) is 111 Å². The zero-order chi connectivity index (χ0) is 21.3. The molecule has 0 saturated carbocycles. The first-order valence-electron chi connectivity index (χ1n) is 12.1. The Morgan fingerprint density at radius 3 is 1.64 bits per heavy atom. The predicted molar refractivity (Wildman–Crippen MR) is 124 cm³/mol. The zero-order valence-corrected chi connectivity index (χ0v) is 19.9. The minimum atomic E-state index is -0.256. The topological polar surface area (TPSA) is 26.3 Å². The minimum Gasteiger partial charge on any atom is -0.462 e. The van der Waals surface area contributed by atoms with Crippen LogP contribution in [0.2, 0.25) is 0 Å². The highest BCUT2D eigenvalue weighted by atomic mass is 16.5. The molecular formula is C26H50O2. The van der Waals surface area contributed by atoms with Crippen molar-refractivity contribution in [1.82, 2.24) is 0 Å². The molecule has 0 aliphatic heterocycles. The molecule has 0 bridgehead atoms. The summed E-state index contributed by atoms with van der Waals surface area (Å²) in [5.41, 5.74) is 0.819. The van der Waals surface area contributed by atoms with Gasteiger partial charge in [0.05, 0.1) is 6.61 Å². The van der Waals surface area contributed by atoms with Crippen LogP contribution in [-0.4, -0.2) is 12.6 Å². The minimum absolute atomic E-state index is 0.256. The molecule has 0 heterocycles. The van der Waals surface area contributed by atoms with Crippen molar-refractivity contribution >= 4 is 5.97 Å². The van der Waals surface area contributed by atoms with Gasteiger partial charge in [0.15, 0.2) is 0 Å². The largest absolute Gasteiger partial charge is 0.462 e. The SMILES string of the molecule is C=C(C)C(=O)OCCCC(CCCCCCCCCCCCCC)C(C)(C)C. The lowest BCUT2D eigenvalue weighted by atomic mass is 9.75. The summed E-state index contributed by atoms with van der Waals surface area (Å²) in [6, 6.07) is 0. The van der Waals surface area contributed by atoms with E-state index in [0.717, 1.165) is 12.8 Å². The van der Waals surface area contributed by atoms with E-state index in [1.54, 1.807) is 6.92 Å². The van der Waals surface area contributed by atoms with E-state index in [2.05, 4.69) is 34.3 Å². The van der Waals surface area contributed by atoms with Crippen LogP contribution >= 0.6 is 0 Å². The maximum atomic E-state index is 11.5. The van der Waals surface area contributed by atoms with E-state index in [1.807, 2.05) is 0 Å². The van der Waals surface area contributed by atoms with Crippen LogP contribution in [0.25, 0.3) is 0 Å². The molecule has 2 nitrogen and oxygen atoms in total. The smallest absolute Gasteiger partial charge is 0.333 e. The predicted octanol–water partition coefficient (Wildman–Crippen LogP) is 8.64. The molecule has 0 radical (unpaired) electrons. The Hall–Kier alpha value is -0.790. The van der Waals surface area contributed by atoms with Crippen LogP contribution in [0.1, 0.15) is 131 Å². The molecule has 1 unspecified atom stereocenters. The van der Waals surface area contributed by atoms with E-state index in [4.69, 9.17) is 4.74 Å². The molecule has 0 saturated heterocycles. The Kier molecular flexibility index (Phi) is 16.6. The van der Waals surface area contributed by atoms with E-state index in [0.29, 0.717) is 23.5 Å². The third-order valence-corrected chi connectivity index (χ3v) is 5.91. The van der Waals surface area contributed by atoms with Gasteiger partial charge in [0.25, 0.3) is 0 Å². The fourth-order valence-corrected chi connectivity index (χ4v) is 3.86. The highest BCUT2D eigenvalue weighted by molar-refractivity contribution is 5.86. The molecule has 0 aromatic heterocycles. The first kappa shape index (κ1) is 27.2. The van der Waals surface area contributed by atoms with Crippen LogP contribution in [0, 0.1) is 11.3 Å². The van der Waals surface area contributed by atoms with Gasteiger partial charge in [-0.2, -0.15) is 0 Å². The molecular weight excluding hydrogens is 344 g/mol. The summed E-state index contributed by atoms with van der Waals surface area (Å²) in [7, 11) is 0. The average molecular weight is 395 g/mol. The normalized spacial score (nSPS) is 12.8. The Morgan fingerprint density at radius 2 is 1.21 bits per heavy atom. The van der Waals surface area contributed by atoms with Crippen molar-refractivity contribution in [3.05, 3.63) is 12.2 Å². The van der Waals surface area contributed by atoms with Gasteiger partial charge in [-0.25, -0.2) is 4.79 Å². The third kappa shape index (κ3) is 16.2. The summed E-state index contributed by atoms with van der Waals surface area (Å²) < 4.78 is 5.25. The van der Waals surface area contributed by atoms with Crippen LogP contribution in [-0.2, 0) is 9.53 Å². The summed E-state index contributed by atoms with van der Waals surface area (Å²) in [6.07, 6.45) is 20.3. The van der Waals surface area contributed by atoms with E-state index in [9.17, 15) is 4.79 Å². The second-order valence-electron chi connectivity index (χ2n) is 9.80. The fraction of sp³-hybridized carbons (Fsp3) is 0.885. The van der Waals surface area contributed by atoms with Crippen molar-refractivity contribution in [2.45, 2.75) is 131 Å². The second-order valence-corrected chi connectivity index (χ2v) is 9.80. The van der Waals surface area contributed by atoms with Gasteiger partial charge in [-0.15, -0.1) is 0 Å². The molecule has 0 amide bonds. The number of ether oxygens (including phenoxy) is 1. The molecule has 0 aromatic rings. The molecule has 166 valence electrons. The van der Waals surface area contributed by atoms with Crippen LogP contribution < -0.4 is 0 Å². The van der Waals surface area contributed by atoms with Gasteiger partial charge in [-0.05, 0) is 37.5 Å². The first-order chi connectivity index (χ1) is 13.3. The summed E-state index contributed by atoms with van der Waals surface area (Å²) in [5.74, 6) is 0.451. The molecule has 28 heavy (non-hydrogen) atoms. The molecule has 0 rings (SSSR count). The van der Waals surface area contributed by atoms with Crippen LogP contribution in [0.5, 0.6) is 0 Å². The maximum absolute atomic E-state index is 11.5. The van der Waals surface area contributed by atoms with Gasteiger partial charge in [0, 0.05) is 5.57 Å². The number of unbranched alkanes of at least 4 members (excludes halogenated alkanes) is 11. The Morgan fingerprint density at radius 1 is 0.786 bits per heavy atom. The van der Waals surface area contributed by atoms with Crippen LogP contribution in [0.4, 0.5) is 0 Å². The molecule has 0 spiro atoms. The van der Waals surface area contributed by atoms with Crippen molar-refractivity contribution < 1.29 is 9.53 Å². The molecule has 0 aromatic carbocycles. The van der Waals surface area contributed by atoms with Gasteiger partial charge < -0.3 is 4.74 Å². The highest BCUT2D eigenvalue weighted by Gasteiger charge is 2.23. The maximum Gasteiger partial charge on any atom is 0.333 e. The van der Waals surface area contributed by atoms with E-state index >= 15 is 0 Å². The third-order valence-electron chi connectivity index (χ3n) is 5.91. The zero-order valence-electron chi connectivity index (χ0n) is 19.9.